The first kappa shape index (κ1) is 16.7. The Hall–Kier alpha value is -1.63. The van der Waals surface area contributed by atoms with E-state index in [1.54, 1.807) is 29.2 Å². The summed E-state index contributed by atoms with van der Waals surface area (Å²) in [6.07, 6.45) is 1.46. The Morgan fingerprint density at radius 3 is 2.27 bits per heavy atom. The molecule has 1 aromatic carbocycles. The van der Waals surface area contributed by atoms with Gasteiger partial charge in [0.05, 0.1) is 18.8 Å². The molecule has 7 heteroatoms. The topological polar surface area (TPSA) is 84.7 Å². The van der Waals surface area contributed by atoms with Crippen LogP contribution in [-0.4, -0.2) is 48.6 Å². The van der Waals surface area contributed by atoms with Crippen LogP contribution in [-0.2, 0) is 9.53 Å². The van der Waals surface area contributed by atoms with Gasteiger partial charge in [-0.15, -0.1) is 12.4 Å². The summed E-state index contributed by atoms with van der Waals surface area (Å²) in [7, 11) is 0. The molecule has 1 heterocycles. The van der Waals surface area contributed by atoms with Crippen LogP contribution < -0.4 is 11.1 Å². The fourth-order valence-corrected chi connectivity index (χ4v) is 2.26. The van der Waals surface area contributed by atoms with Crippen molar-refractivity contribution in [1.29, 1.82) is 0 Å². The van der Waals surface area contributed by atoms with E-state index in [2.05, 4.69) is 5.32 Å². The highest BCUT2D eigenvalue weighted by atomic mass is 35.5. The number of carbonyl (C=O) groups is 2. The van der Waals surface area contributed by atoms with Crippen LogP contribution in [0.5, 0.6) is 0 Å². The number of rotatable bonds is 3. The van der Waals surface area contributed by atoms with Gasteiger partial charge in [-0.25, -0.2) is 0 Å². The zero-order valence-electron chi connectivity index (χ0n) is 12.2. The number of amides is 2. The maximum Gasteiger partial charge on any atom is 0.254 e. The van der Waals surface area contributed by atoms with Crippen molar-refractivity contribution >= 4 is 29.9 Å². The van der Waals surface area contributed by atoms with Crippen LogP contribution >= 0.6 is 12.4 Å². The van der Waals surface area contributed by atoms with Crippen LogP contribution in [0.3, 0.4) is 0 Å². The minimum Gasteiger partial charge on any atom is -0.378 e. The largest absolute Gasteiger partial charge is 0.378 e. The molecule has 3 rings (SSSR count). The van der Waals surface area contributed by atoms with Gasteiger partial charge >= 0.3 is 0 Å². The van der Waals surface area contributed by atoms with Gasteiger partial charge in [0.25, 0.3) is 5.91 Å². The van der Waals surface area contributed by atoms with Gasteiger partial charge in [-0.1, -0.05) is 0 Å². The van der Waals surface area contributed by atoms with Crippen LogP contribution in [0.1, 0.15) is 23.2 Å². The molecule has 0 unspecified atom stereocenters. The summed E-state index contributed by atoms with van der Waals surface area (Å²) in [4.78, 5) is 25.9. The molecule has 1 saturated heterocycles. The van der Waals surface area contributed by atoms with E-state index in [0.717, 1.165) is 12.8 Å². The normalized spacial score (nSPS) is 19.0. The first-order valence-electron chi connectivity index (χ1n) is 7.16. The van der Waals surface area contributed by atoms with E-state index in [1.807, 2.05) is 0 Å². The summed E-state index contributed by atoms with van der Waals surface area (Å²) >= 11 is 0. The summed E-state index contributed by atoms with van der Waals surface area (Å²) in [5.41, 5.74) is 6.41. The molecule has 3 N–H and O–H groups in total. The van der Waals surface area contributed by atoms with Crippen LogP contribution in [0.15, 0.2) is 24.3 Å². The molecule has 1 aromatic rings. The number of hydrogen-bond acceptors (Lipinski definition) is 4. The van der Waals surface area contributed by atoms with E-state index in [-0.39, 0.29) is 24.2 Å². The lowest BCUT2D eigenvalue weighted by molar-refractivity contribution is -0.118. The molecule has 2 fully saturated rings. The van der Waals surface area contributed by atoms with E-state index in [4.69, 9.17) is 10.5 Å². The third-order valence-electron chi connectivity index (χ3n) is 3.93. The standard InChI is InChI=1S/C15H19N3O3.ClH/c16-15(5-6-15)14(20)17-12-3-1-11(2-4-12)13(19)18-7-9-21-10-8-18;/h1-4H,5-10,16H2,(H,17,20);1H. The van der Waals surface area contributed by atoms with Crippen molar-refractivity contribution in [3.05, 3.63) is 29.8 Å². The SMILES string of the molecule is Cl.NC1(C(=O)Nc2ccc(C(=O)N3CCOCC3)cc2)CC1. The van der Waals surface area contributed by atoms with Crippen molar-refractivity contribution in [1.82, 2.24) is 4.90 Å². The lowest BCUT2D eigenvalue weighted by Gasteiger charge is -2.26. The van der Waals surface area contributed by atoms with E-state index >= 15 is 0 Å². The number of nitrogens with two attached hydrogens (primary N) is 1. The van der Waals surface area contributed by atoms with Crippen molar-refractivity contribution in [3.8, 4) is 0 Å². The number of hydrogen-bond donors (Lipinski definition) is 2. The summed E-state index contributed by atoms with van der Waals surface area (Å²) < 4.78 is 5.23. The number of nitrogens with one attached hydrogen (secondary N) is 1. The maximum absolute atomic E-state index is 12.3. The Morgan fingerprint density at radius 1 is 1.14 bits per heavy atom. The minimum absolute atomic E-state index is 0. The summed E-state index contributed by atoms with van der Waals surface area (Å²) in [5.74, 6) is -0.163. The van der Waals surface area contributed by atoms with Crippen LogP contribution in [0.4, 0.5) is 5.69 Å². The Morgan fingerprint density at radius 2 is 1.73 bits per heavy atom. The highest BCUT2D eigenvalue weighted by molar-refractivity contribution is 6.00. The molecular formula is C15H20ClN3O3. The molecule has 2 amide bonds. The molecule has 0 radical (unpaired) electrons. The molecule has 0 bridgehead atoms. The van der Waals surface area contributed by atoms with Gasteiger partial charge in [-0.2, -0.15) is 0 Å². The van der Waals surface area contributed by atoms with Gasteiger partial charge in [0, 0.05) is 24.3 Å². The van der Waals surface area contributed by atoms with Gasteiger partial charge in [0.15, 0.2) is 0 Å². The second-order valence-corrected chi connectivity index (χ2v) is 5.59. The van der Waals surface area contributed by atoms with E-state index in [0.29, 0.717) is 37.6 Å². The number of benzene rings is 1. The monoisotopic (exact) mass is 325 g/mol. The van der Waals surface area contributed by atoms with E-state index in [9.17, 15) is 9.59 Å². The second-order valence-electron chi connectivity index (χ2n) is 5.59. The summed E-state index contributed by atoms with van der Waals surface area (Å²) in [6.45, 7) is 2.40. The maximum atomic E-state index is 12.3. The fourth-order valence-electron chi connectivity index (χ4n) is 2.26. The van der Waals surface area contributed by atoms with Crippen molar-refractivity contribution in [2.24, 2.45) is 5.73 Å². The zero-order chi connectivity index (χ0) is 14.9. The van der Waals surface area contributed by atoms with E-state index < -0.39 is 5.54 Å². The molecule has 1 saturated carbocycles. The lowest BCUT2D eigenvalue weighted by Crippen LogP contribution is -2.40. The third-order valence-corrected chi connectivity index (χ3v) is 3.93. The molecule has 1 aliphatic carbocycles. The first-order chi connectivity index (χ1) is 10.1. The quantitative estimate of drug-likeness (QED) is 0.868. The predicted octanol–water partition coefficient (Wildman–Crippen LogP) is 1.01. The van der Waals surface area contributed by atoms with E-state index in [1.165, 1.54) is 0 Å². The molecular weight excluding hydrogens is 306 g/mol. The fraction of sp³-hybridized carbons (Fsp3) is 0.467. The Kier molecular flexibility index (Phi) is 5.05. The molecule has 1 aliphatic heterocycles. The Balaban J connectivity index is 0.00000176. The van der Waals surface area contributed by atoms with Crippen molar-refractivity contribution in [2.75, 3.05) is 31.6 Å². The van der Waals surface area contributed by atoms with Gasteiger partial charge in [-0.3, -0.25) is 9.59 Å². The Labute approximate surface area is 135 Å². The van der Waals surface area contributed by atoms with Crippen LogP contribution in [0.2, 0.25) is 0 Å². The summed E-state index contributed by atoms with van der Waals surface area (Å²) in [6, 6.07) is 6.92. The van der Waals surface area contributed by atoms with Gasteiger partial charge in [-0.05, 0) is 37.1 Å². The lowest BCUT2D eigenvalue weighted by atomic mass is 10.1. The molecule has 0 aromatic heterocycles. The molecule has 2 aliphatic rings. The molecule has 120 valence electrons. The highest BCUT2D eigenvalue weighted by Crippen LogP contribution is 2.33. The predicted molar refractivity (Wildman–Crippen MR) is 85.2 cm³/mol. The average molecular weight is 326 g/mol. The zero-order valence-corrected chi connectivity index (χ0v) is 13.0. The second kappa shape index (κ2) is 6.64. The van der Waals surface area contributed by atoms with Crippen molar-refractivity contribution in [3.63, 3.8) is 0 Å². The van der Waals surface area contributed by atoms with Crippen LogP contribution in [0, 0.1) is 0 Å². The number of ether oxygens (including phenoxy) is 1. The number of nitrogens with zero attached hydrogens (tertiary/aromatic N) is 1. The van der Waals surface area contributed by atoms with Gasteiger partial charge in [0.1, 0.15) is 0 Å². The number of halogens is 1. The number of morpholine rings is 1. The molecule has 22 heavy (non-hydrogen) atoms. The van der Waals surface area contributed by atoms with Gasteiger partial charge in [0.2, 0.25) is 5.91 Å². The summed E-state index contributed by atoms with van der Waals surface area (Å²) in [5, 5.41) is 2.78. The number of carbonyl (C=O) groups excluding carboxylic acids is 2. The molecule has 6 nitrogen and oxygen atoms in total. The third kappa shape index (κ3) is 3.58. The molecule has 0 spiro atoms. The smallest absolute Gasteiger partial charge is 0.254 e. The van der Waals surface area contributed by atoms with Crippen molar-refractivity contribution < 1.29 is 14.3 Å². The highest BCUT2D eigenvalue weighted by Gasteiger charge is 2.45. The first-order valence-corrected chi connectivity index (χ1v) is 7.16. The van der Waals surface area contributed by atoms with Crippen molar-refractivity contribution in [2.45, 2.75) is 18.4 Å². The molecule has 0 atom stereocenters. The number of anilines is 1. The Bertz CT molecular complexity index is 552. The van der Waals surface area contributed by atoms with Gasteiger partial charge < -0.3 is 20.7 Å². The average Bonchev–Trinajstić information content (AvgIpc) is 3.27. The minimum atomic E-state index is -0.692. The van der Waals surface area contributed by atoms with Crippen LogP contribution in [0.25, 0.3) is 0 Å².